The molecule has 1 aromatic carbocycles. The van der Waals surface area contributed by atoms with Gasteiger partial charge in [0.05, 0.1) is 23.5 Å². The van der Waals surface area contributed by atoms with Gasteiger partial charge in [0.25, 0.3) is 5.56 Å². The first kappa shape index (κ1) is 23.9. The van der Waals surface area contributed by atoms with Gasteiger partial charge in [-0.3, -0.25) is 9.59 Å². The third-order valence-electron chi connectivity index (χ3n) is 6.74. The molecule has 0 N–H and O–H groups in total. The number of anilines is 1. The van der Waals surface area contributed by atoms with Crippen LogP contribution in [0.25, 0.3) is 11.3 Å². The van der Waals surface area contributed by atoms with Crippen LogP contribution in [0, 0.1) is 11.6 Å². The van der Waals surface area contributed by atoms with Crippen molar-refractivity contribution in [3.63, 3.8) is 0 Å². The highest BCUT2D eigenvalue weighted by atomic mass is 19.1. The number of rotatable bonds is 4. The molecule has 0 aliphatic carbocycles. The lowest BCUT2D eigenvalue weighted by Crippen LogP contribution is -2.40. The van der Waals surface area contributed by atoms with E-state index in [-0.39, 0.29) is 23.3 Å². The van der Waals surface area contributed by atoms with E-state index in [4.69, 9.17) is 14.7 Å². The zero-order valence-corrected chi connectivity index (χ0v) is 20.2. The van der Waals surface area contributed by atoms with E-state index in [9.17, 15) is 18.4 Å². The number of pyridine rings is 1. The normalized spacial score (nSPS) is 16.1. The Morgan fingerprint density at radius 1 is 1.08 bits per heavy atom. The standard InChI is InChI=1S/C26H27F2N5O3/c1-16(34)33-13-9-21-22(15-33)29-24(19-4-3-10-31(2)26(19)35)25(30-21)32-11-7-18(8-12-32)36-23-6-5-17(27)14-20(23)28/h3-6,10,14,18H,7-9,11-13,15H2,1-2H3. The van der Waals surface area contributed by atoms with Crippen LogP contribution in [0.15, 0.2) is 41.3 Å². The molecule has 5 rings (SSSR count). The first-order chi connectivity index (χ1) is 17.3. The highest BCUT2D eigenvalue weighted by Crippen LogP contribution is 2.32. The van der Waals surface area contributed by atoms with Crippen LogP contribution in [0.1, 0.15) is 31.2 Å². The van der Waals surface area contributed by atoms with Crippen LogP contribution in [-0.2, 0) is 24.8 Å². The zero-order valence-electron chi connectivity index (χ0n) is 20.2. The summed E-state index contributed by atoms with van der Waals surface area (Å²) in [6.45, 7) is 3.60. The van der Waals surface area contributed by atoms with Crippen LogP contribution in [0.4, 0.5) is 14.6 Å². The Bertz CT molecular complexity index is 1370. The number of aryl methyl sites for hydroxylation is 1. The van der Waals surface area contributed by atoms with Gasteiger partial charge in [0.2, 0.25) is 5.91 Å². The quantitative estimate of drug-likeness (QED) is 0.554. The number of carbonyl (C=O) groups is 1. The summed E-state index contributed by atoms with van der Waals surface area (Å²) < 4.78 is 34.6. The summed E-state index contributed by atoms with van der Waals surface area (Å²) in [7, 11) is 1.69. The van der Waals surface area contributed by atoms with Crippen molar-refractivity contribution in [1.82, 2.24) is 19.4 Å². The van der Waals surface area contributed by atoms with E-state index < -0.39 is 11.6 Å². The Hall–Kier alpha value is -3.82. The molecule has 36 heavy (non-hydrogen) atoms. The average molecular weight is 496 g/mol. The Balaban J connectivity index is 1.44. The first-order valence-electron chi connectivity index (χ1n) is 12.0. The highest BCUT2D eigenvalue weighted by molar-refractivity contribution is 5.74. The van der Waals surface area contributed by atoms with Crippen LogP contribution in [0.5, 0.6) is 5.75 Å². The molecular formula is C26H27F2N5O3. The lowest BCUT2D eigenvalue weighted by molar-refractivity contribution is -0.129. The lowest BCUT2D eigenvalue weighted by atomic mass is 10.0. The van der Waals surface area contributed by atoms with Crippen molar-refractivity contribution in [3.05, 3.63) is 69.9 Å². The van der Waals surface area contributed by atoms with Crippen molar-refractivity contribution in [1.29, 1.82) is 0 Å². The maximum atomic E-state index is 14.0. The van der Waals surface area contributed by atoms with E-state index in [2.05, 4.69) is 4.90 Å². The van der Waals surface area contributed by atoms with Crippen LogP contribution in [-0.4, -0.2) is 51.1 Å². The van der Waals surface area contributed by atoms with Gasteiger partial charge in [0, 0.05) is 65.1 Å². The number of benzene rings is 1. The van der Waals surface area contributed by atoms with E-state index in [1.807, 2.05) is 0 Å². The van der Waals surface area contributed by atoms with Crippen LogP contribution in [0.2, 0.25) is 0 Å². The largest absolute Gasteiger partial charge is 0.487 e. The summed E-state index contributed by atoms with van der Waals surface area (Å²) in [5.41, 5.74) is 2.27. The number of nitrogens with zero attached hydrogens (tertiary/aromatic N) is 5. The summed E-state index contributed by atoms with van der Waals surface area (Å²) in [6.07, 6.45) is 3.24. The maximum absolute atomic E-state index is 14.0. The fourth-order valence-electron chi connectivity index (χ4n) is 4.71. The van der Waals surface area contributed by atoms with Crippen LogP contribution < -0.4 is 15.2 Å². The summed E-state index contributed by atoms with van der Waals surface area (Å²) in [4.78, 5) is 38.5. The number of ether oxygens (including phenoxy) is 1. The van der Waals surface area contributed by atoms with E-state index in [1.54, 1.807) is 30.3 Å². The fraction of sp³-hybridized carbons (Fsp3) is 0.385. The number of fused-ring (bicyclic) bond motifs is 1. The predicted octanol–water partition coefficient (Wildman–Crippen LogP) is 3.07. The molecule has 2 aliphatic heterocycles. The van der Waals surface area contributed by atoms with E-state index in [1.165, 1.54) is 23.6 Å². The Labute approximate surface area is 207 Å². The van der Waals surface area contributed by atoms with Crippen molar-refractivity contribution in [2.75, 3.05) is 24.5 Å². The minimum Gasteiger partial charge on any atom is -0.487 e. The molecular weight excluding hydrogens is 468 g/mol. The maximum Gasteiger partial charge on any atom is 0.259 e. The Kier molecular flexibility index (Phi) is 6.42. The van der Waals surface area contributed by atoms with Gasteiger partial charge in [-0.15, -0.1) is 0 Å². The molecule has 0 spiro atoms. The molecule has 188 valence electrons. The van der Waals surface area contributed by atoms with Crippen molar-refractivity contribution < 1.29 is 18.3 Å². The van der Waals surface area contributed by atoms with Gasteiger partial charge >= 0.3 is 0 Å². The smallest absolute Gasteiger partial charge is 0.259 e. The second kappa shape index (κ2) is 9.67. The minimum absolute atomic E-state index is 0.0247. The molecule has 1 fully saturated rings. The molecule has 0 saturated carbocycles. The molecule has 4 heterocycles. The van der Waals surface area contributed by atoms with Gasteiger partial charge in [-0.1, -0.05) is 0 Å². The third-order valence-corrected chi connectivity index (χ3v) is 6.74. The monoisotopic (exact) mass is 495 g/mol. The van der Waals surface area contributed by atoms with Gasteiger partial charge in [0.15, 0.2) is 17.4 Å². The van der Waals surface area contributed by atoms with Gasteiger partial charge in [-0.25, -0.2) is 18.7 Å². The fourth-order valence-corrected chi connectivity index (χ4v) is 4.71. The molecule has 0 atom stereocenters. The number of aromatic nitrogens is 3. The van der Waals surface area contributed by atoms with Gasteiger partial charge in [-0.05, 0) is 24.3 Å². The van der Waals surface area contributed by atoms with E-state index >= 15 is 0 Å². The molecule has 10 heteroatoms. The first-order valence-corrected chi connectivity index (χ1v) is 12.0. The molecule has 2 aliphatic rings. The SMILES string of the molecule is CC(=O)N1CCc2nc(N3CCC(Oc4ccc(F)cc4F)CC3)c(-c3cccn(C)c3=O)nc2C1. The topological polar surface area (TPSA) is 80.6 Å². The zero-order chi connectivity index (χ0) is 25.4. The number of carbonyl (C=O) groups excluding carboxylic acids is 1. The summed E-state index contributed by atoms with van der Waals surface area (Å²) >= 11 is 0. The molecule has 2 aromatic heterocycles. The highest BCUT2D eigenvalue weighted by Gasteiger charge is 2.29. The molecule has 1 saturated heterocycles. The average Bonchev–Trinajstić information content (AvgIpc) is 2.87. The minimum atomic E-state index is -0.722. The van der Waals surface area contributed by atoms with E-state index in [0.29, 0.717) is 68.2 Å². The summed E-state index contributed by atoms with van der Waals surface area (Å²) in [5.74, 6) is -0.735. The van der Waals surface area contributed by atoms with Crippen molar-refractivity contribution in [3.8, 4) is 17.0 Å². The molecule has 0 unspecified atom stereocenters. The molecule has 3 aromatic rings. The number of piperidine rings is 1. The summed E-state index contributed by atoms with van der Waals surface area (Å²) in [6, 6.07) is 6.82. The molecule has 0 radical (unpaired) electrons. The van der Waals surface area contributed by atoms with Gasteiger partial charge in [-0.2, -0.15) is 0 Å². The van der Waals surface area contributed by atoms with Crippen LogP contribution in [0.3, 0.4) is 0 Å². The molecule has 8 nitrogen and oxygen atoms in total. The number of hydrogen-bond donors (Lipinski definition) is 0. The van der Waals surface area contributed by atoms with Gasteiger partial charge in [0.1, 0.15) is 17.6 Å². The van der Waals surface area contributed by atoms with Crippen molar-refractivity contribution >= 4 is 11.7 Å². The van der Waals surface area contributed by atoms with Gasteiger partial charge < -0.3 is 19.1 Å². The Morgan fingerprint density at radius 2 is 1.86 bits per heavy atom. The molecule has 0 bridgehead atoms. The molecule has 1 amide bonds. The lowest BCUT2D eigenvalue weighted by Gasteiger charge is -2.35. The second-order valence-electron chi connectivity index (χ2n) is 9.20. The third kappa shape index (κ3) is 4.67. The number of halogens is 2. The summed E-state index contributed by atoms with van der Waals surface area (Å²) in [5, 5.41) is 0. The van der Waals surface area contributed by atoms with Crippen molar-refractivity contribution in [2.24, 2.45) is 7.05 Å². The number of amides is 1. The van der Waals surface area contributed by atoms with Crippen molar-refractivity contribution in [2.45, 2.75) is 38.8 Å². The Morgan fingerprint density at radius 3 is 2.58 bits per heavy atom. The van der Waals surface area contributed by atoms with Crippen LogP contribution >= 0.6 is 0 Å². The van der Waals surface area contributed by atoms with E-state index in [0.717, 1.165) is 11.8 Å². The number of hydrogen-bond acceptors (Lipinski definition) is 6. The predicted molar refractivity (Wildman–Crippen MR) is 130 cm³/mol. The second-order valence-corrected chi connectivity index (χ2v) is 9.20.